The predicted octanol–water partition coefficient (Wildman–Crippen LogP) is 5.31. The van der Waals surface area contributed by atoms with Crippen LogP contribution in [0.5, 0.6) is 0 Å². The van der Waals surface area contributed by atoms with E-state index in [1.165, 1.54) is 0 Å². The van der Waals surface area contributed by atoms with Gasteiger partial charge in [0.15, 0.2) is 5.76 Å². The quantitative estimate of drug-likeness (QED) is 0.490. The number of halogens is 1. The number of furan rings is 1. The van der Waals surface area contributed by atoms with E-state index in [0.29, 0.717) is 43.5 Å². The molecular weight excluding hydrogens is 410 g/mol. The summed E-state index contributed by atoms with van der Waals surface area (Å²) in [6.07, 6.45) is 0. The number of rotatable bonds is 8. The third kappa shape index (κ3) is 4.97. The molecule has 5 nitrogen and oxygen atoms in total. The van der Waals surface area contributed by atoms with Crippen molar-refractivity contribution in [3.05, 3.63) is 63.8 Å². The van der Waals surface area contributed by atoms with Crippen LogP contribution in [0.4, 0.5) is 5.69 Å². The summed E-state index contributed by atoms with van der Waals surface area (Å²) in [7, 11) is 0. The van der Waals surface area contributed by atoms with Crippen LogP contribution in [0.1, 0.15) is 28.6 Å². The Balaban J connectivity index is 1.67. The monoisotopic (exact) mass is 431 g/mol. The maximum Gasteiger partial charge on any atom is 0.291 e. The van der Waals surface area contributed by atoms with Gasteiger partial charge in [-0.15, -0.1) is 0 Å². The van der Waals surface area contributed by atoms with Gasteiger partial charge in [0.25, 0.3) is 5.91 Å². The number of ether oxygens (including phenoxy) is 2. The number of aryl methyl sites for hydroxylation is 1. The minimum absolute atomic E-state index is 0.269. The molecule has 0 aliphatic rings. The number of nitrogens with one attached hydrogen (secondary N) is 1. The van der Waals surface area contributed by atoms with Crippen LogP contribution in [0.15, 0.2) is 51.4 Å². The Hall–Kier alpha value is -2.15. The molecule has 3 aromatic rings. The smallest absolute Gasteiger partial charge is 0.291 e. The van der Waals surface area contributed by atoms with Crippen LogP contribution >= 0.6 is 15.9 Å². The third-order valence-corrected chi connectivity index (χ3v) is 4.63. The molecule has 2 aromatic carbocycles. The van der Waals surface area contributed by atoms with Gasteiger partial charge in [-0.2, -0.15) is 0 Å². The molecule has 0 unspecified atom stereocenters. The molecule has 0 fully saturated rings. The first-order chi connectivity index (χ1) is 13.1. The van der Waals surface area contributed by atoms with Gasteiger partial charge in [-0.25, -0.2) is 0 Å². The molecule has 1 heterocycles. The Morgan fingerprint density at radius 3 is 2.78 bits per heavy atom. The minimum Gasteiger partial charge on any atom is -0.451 e. The van der Waals surface area contributed by atoms with Gasteiger partial charge < -0.3 is 19.2 Å². The van der Waals surface area contributed by atoms with E-state index >= 15 is 0 Å². The number of hydrogen-bond acceptors (Lipinski definition) is 4. The second kappa shape index (κ2) is 9.17. The van der Waals surface area contributed by atoms with Gasteiger partial charge in [-0.3, -0.25) is 4.79 Å². The molecule has 0 aliphatic carbocycles. The highest BCUT2D eigenvalue weighted by atomic mass is 79.9. The Morgan fingerprint density at radius 2 is 1.96 bits per heavy atom. The second-order valence-corrected chi connectivity index (χ2v) is 7.02. The average molecular weight is 432 g/mol. The zero-order valence-corrected chi connectivity index (χ0v) is 17.0. The zero-order valence-electron chi connectivity index (χ0n) is 15.4. The number of anilines is 1. The summed E-state index contributed by atoms with van der Waals surface area (Å²) >= 11 is 3.45. The largest absolute Gasteiger partial charge is 0.451 e. The van der Waals surface area contributed by atoms with Crippen LogP contribution in [0, 0.1) is 6.92 Å². The fraction of sp³-hybridized carbons (Fsp3) is 0.286. The summed E-state index contributed by atoms with van der Waals surface area (Å²) in [5, 5.41) is 3.82. The summed E-state index contributed by atoms with van der Waals surface area (Å²) in [6.45, 7) is 6.11. The lowest BCUT2D eigenvalue weighted by atomic mass is 10.1. The molecule has 0 spiro atoms. The Labute approximate surface area is 166 Å². The van der Waals surface area contributed by atoms with Crippen LogP contribution in [0.3, 0.4) is 0 Å². The standard InChI is InChI=1S/C21H22BrNO4/c1-3-25-9-10-26-13-15-5-4-6-17(11-15)23-21(24)20-14(2)18-12-16(22)7-8-19(18)27-20/h4-8,11-12H,3,9-10,13H2,1-2H3,(H,23,24). The van der Waals surface area contributed by atoms with Crippen LogP contribution in [0.25, 0.3) is 11.0 Å². The molecule has 0 saturated carbocycles. The first-order valence-electron chi connectivity index (χ1n) is 8.83. The van der Waals surface area contributed by atoms with Gasteiger partial charge in [0.2, 0.25) is 0 Å². The molecule has 1 aromatic heterocycles. The van der Waals surface area contributed by atoms with E-state index in [1.54, 1.807) is 0 Å². The molecule has 0 atom stereocenters. The van der Waals surface area contributed by atoms with Crippen molar-refractivity contribution in [3.8, 4) is 0 Å². The maximum absolute atomic E-state index is 12.7. The maximum atomic E-state index is 12.7. The van der Waals surface area contributed by atoms with Crippen molar-refractivity contribution in [2.75, 3.05) is 25.1 Å². The third-order valence-electron chi connectivity index (χ3n) is 4.13. The molecular formula is C21H22BrNO4. The molecule has 3 rings (SSSR count). The summed E-state index contributed by atoms with van der Waals surface area (Å²) in [5.74, 6) is 0.0516. The lowest BCUT2D eigenvalue weighted by molar-refractivity contribution is 0.0453. The van der Waals surface area contributed by atoms with Crippen LogP contribution in [-0.4, -0.2) is 25.7 Å². The summed E-state index contributed by atoms with van der Waals surface area (Å²) in [6, 6.07) is 13.3. The van der Waals surface area contributed by atoms with Crippen molar-refractivity contribution >= 4 is 38.5 Å². The van der Waals surface area contributed by atoms with E-state index in [4.69, 9.17) is 13.9 Å². The fourth-order valence-electron chi connectivity index (χ4n) is 2.79. The highest BCUT2D eigenvalue weighted by Crippen LogP contribution is 2.28. The normalized spacial score (nSPS) is 11.1. The van der Waals surface area contributed by atoms with Crippen molar-refractivity contribution in [1.82, 2.24) is 0 Å². The Kier molecular flexibility index (Phi) is 6.66. The molecule has 0 radical (unpaired) electrons. The zero-order chi connectivity index (χ0) is 19.2. The van der Waals surface area contributed by atoms with Gasteiger partial charge in [-0.1, -0.05) is 28.1 Å². The van der Waals surface area contributed by atoms with Gasteiger partial charge in [-0.05, 0) is 49.7 Å². The van der Waals surface area contributed by atoms with Crippen LogP contribution < -0.4 is 5.32 Å². The summed E-state index contributed by atoms with van der Waals surface area (Å²) < 4.78 is 17.5. The average Bonchev–Trinajstić information content (AvgIpc) is 2.98. The van der Waals surface area contributed by atoms with Gasteiger partial charge in [0.05, 0.1) is 19.8 Å². The highest BCUT2D eigenvalue weighted by molar-refractivity contribution is 9.10. The number of fused-ring (bicyclic) bond motifs is 1. The molecule has 1 amide bonds. The molecule has 27 heavy (non-hydrogen) atoms. The van der Waals surface area contributed by atoms with Gasteiger partial charge in [0, 0.05) is 27.7 Å². The fourth-order valence-corrected chi connectivity index (χ4v) is 3.15. The molecule has 0 bridgehead atoms. The molecule has 142 valence electrons. The van der Waals surface area contributed by atoms with Crippen LogP contribution in [-0.2, 0) is 16.1 Å². The van der Waals surface area contributed by atoms with Crippen LogP contribution in [0.2, 0.25) is 0 Å². The SMILES string of the molecule is CCOCCOCc1cccc(NC(=O)c2oc3ccc(Br)cc3c2C)c1. The molecule has 1 N–H and O–H groups in total. The summed E-state index contributed by atoms with van der Waals surface area (Å²) in [5.41, 5.74) is 3.19. The van der Waals surface area contributed by atoms with Gasteiger partial charge >= 0.3 is 0 Å². The van der Waals surface area contributed by atoms with E-state index < -0.39 is 0 Å². The lowest BCUT2D eigenvalue weighted by Crippen LogP contribution is -2.12. The van der Waals surface area contributed by atoms with E-state index in [0.717, 1.165) is 21.0 Å². The number of carbonyl (C=O) groups is 1. The van der Waals surface area contributed by atoms with Crippen molar-refractivity contribution in [2.24, 2.45) is 0 Å². The van der Waals surface area contributed by atoms with Gasteiger partial charge in [0.1, 0.15) is 5.58 Å². The van der Waals surface area contributed by atoms with E-state index in [9.17, 15) is 4.79 Å². The molecule has 0 aliphatic heterocycles. The van der Waals surface area contributed by atoms with E-state index in [1.807, 2.05) is 56.3 Å². The summed E-state index contributed by atoms with van der Waals surface area (Å²) in [4.78, 5) is 12.7. The number of hydrogen-bond donors (Lipinski definition) is 1. The van der Waals surface area contributed by atoms with Crippen molar-refractivity contribution in [1.29, 1.82) is 0 Å². The Bertz CT molecular complexity index is 935. The first kappa shape index (κ1) is 19.6. The van der Waals surface area contributed by atoms with Crippen molar-refractivity contribution < 1.29 is 18.7 Å². The lowest BCUT2D eigenvalue weighted by Gasteiger charge is -2.08. The number of benzene rings is 2. The number of amides is 1. The van der Waals surface area contributed by atoms with E-state index in [-0.39, 0.29) is 5.91 Å². The minimum atomic E-state index is -0.269. The highest BCUT2D eigenvalue weighted by Gasteiger charge is 2.18. The first-order valence-corrected chi connectivity index (χ1v) is 9.62. The topological polar surface area (TPSA) is 60.7 Å². The molecule has 6 heteroatoms. The van der Waals surface area contributed by atoms with Crippen molar-refractivity contribution in [3.63, 3.8) is 0 Å². The second-order valence-electron chi connectivity index (χ2n) is 6.10. The van der Waals surface area contributed by atoms with E-state index in [2.05, 4.69) is 21.2 Å². The Morgan fingerprint density at radius 1 is 1.15 bits per heavy atom. The predicted molar refractivity (Wildman–Crippen MR) is 109 cm³/mol. The molecule has 0 saturated heterocycles. The number of carbonyl (C=O) groups excluding carboxylic acids is 1. The van der Waals surface area contributed by atoms with Crippen molar-refractivity contribution in [2.45, 2.75) is 20.5 Å².